The van der Waals surface area contributed by atoms with Gasteiger partial charge < -0.3 is 4.74 Å². The molecule has 1 aromatic heterocycles. The number of hydrazine groups is 1. The number of nitrogens with one attached hydrogen (secondary N) is 2. The van der Waals surface area contributed by atoms with E-state index < -0.39 is 5.97 Å². The van der Waals surface area contributed by atoms with Crippen molar-refractivity contribution in [3.05, 3.63) is 41.5 Å². The van der Waals surface area contributed by atoms with E-state index in [1.807, 2.05) is 6.92 Å². The van der Waals surface area contributed by atoms with E-state index in [4.69, 9.17) is 4.74 Å². The van der Waals surface area contributed by atoms with Gasteiger partial charge in [-0.2, -0.15) is 5.10 Å². The Labute approximate surface area is 132 Å². The molecule has 0 bridgehead atoms. The van der Waals surface area contributed by atoms with Gasteiger partial charge in [-0.15, -0.1) is 0 Å². The standard InChI is InChI=1S/C16H17FN4O2/c1-4-23-16(22)14-10(3)21-15(19-18-14)13(9(2)20-21)11-5-7-12(17)8-6-11/h5-8,18-19H,4H2,1-3H3. The number of ether oxygens (including phenoxy) is 1. The summed E-state index contributed by atoms with van der Waals surface area (Å²) in [4.78, 5) is 12.0. The third-order valence-electron chi connectivity index (χ3n) is 3.66. The number of carbonyl (C=O) groups excluding carboxylic acids is 1. The molecule has 2 N–H and O–H groups in total. The van der Waals surface area contributed by atoms with Crippen LogP contribution >= 0.6 is 0 Å². The molecule has 1 aliphatic heterocycles. The fourth-order valence-electron chi connectivity index (χ4n) is 2.57. The van der Waals surface area contributed by atoms with E-state index in [-0.39, 0.29) is 5.82 Å². The van der Waals surface area contributed by atoms with Gasteiger partial charge in [0.1, 0.15) is 5.82 Å². The van der Waals surface area contributed by atoms with E-state index in [0.29, 0.717) is 23.8 Å². The summed E-state index contributed by atoms with van der Waals surface area (Å²) in [6.07, 6.45) is 0. The number of rotatable bonds is 3. The quantitative estimate of drug-likeness (QED) is 0.852. The number of hydrogen-bond donors (Lipinski definition) is 2. The van der Waals surface area contributed by atoms with Crippen molar-refractivity contribution in [2.75, 3.05) is 12.0 Å². The van der Waals surface area contributed by atoms with Crippen LogP contribution in [0.5, 0.6) is 0 Å². The number of benzene rings is 1. The van der Waals surface area contributed by atoms with Crippen molar-refractivity contribution < 1.29 is 13.9 Å². The molecule has 23 heavy (non-hydrogen) atoms. The minimum absolute atomic E-state index is 0.292. The van der Waals surface area contributed by atoms with Crippen molar-refractivity contribution in [3.8, 4) is 11.1 Å². The molecule has 6 nitrogen and oxygen atoms in total. The topological polar surface area (TPSA) is 68.2 Å². The molecule has 1 aliphatic rings. The summed E-state index contributed by atoms with van der Waals surface area (Å²) in [5.41, 5.74) is 9.25. The second-order valence-electron chi connectivity index (χ2n) is 5.16. The highest BCUT2D eigenvalue weighted by atomic mass is 19.1. The summed E-state index contributed by atoms with van der Waals surface area (Å²) in [6, 6.07) is 6.20. The number of nitrogens with zero attached hydrogens (tertiary/aromatic N) is 2. The average molecular weight is 316 g/mol. The van der Waals surface area contributed by atoms with E-state index >= 15 is 0 Å². The lowest BCUT2D eigenvalue weighted by Crippen LogP contribution is -2.34. The van der Waals surface area contributed by atoms with Gasteiger partial charge >= 0.3 is 5.97 Å². The van der Waals surface area contributed by atoms with Gasteiger partial charge in [0.05, 0.1) is 18.0 Å². The van der Waals surface area contributed by atoms with Crippen LogP contribution in [0.25, 0.3) is 16.8 Å². The number of allylic oxidation sites excluding steroid dienone is 1. The fraction of sp³-hybridized carbons (Fsp3) is 0.250. The first-order chi connectivity index (χ1) is 11.0. The minimum atomic E-state index is -0.445. The molecule has 0 aliphatic carbocycles. The number of esters is 1. The molecule has 0 radical (unpaired) electrons. The van der Waals surface area contributed by atoms with Crippen LogP contribution in [0.3, 0.4) is 0 Å². The third-order valence-corrected chi connectivity index (χ3v) is 3.66. The van der Waals surface area contributed by atoms with E-state index in [0.717, 1.165) is 16.8 Å². The molecule has 0 spiro atoms. The van der Waals surface area contributed by atoms with Gasteiger partial charge in [-0.1, -0.05) is 12.1 Å². The van der Waals surface area contributed by atoms with E-state index in [2.05, 4.69) is 16.0 Å². The number of halogens is 1. The number of fused-ring (bicyclic) bond motifs is 1. The first kappa shape index (κ1) is 15.1. The molecule has 2 aromatic rings. The highest BCUT2D eigenvalue weighted by Gasteiger charge is 2.26. The maximum absolute atomic E-state index is 13.1. The summed E-state index contributed by atoms with van der Waals surface area (Å²) < 4.78 is 19.8. The molecular weight excluding hydrogens is 299 g/mol. The van der Waals surface area contributed by atoms with Crippen molar-refractivity contribution in [1.29, 1.82) is 0 Å². The molecule has 0 fully saturated rings. The predicted molar refractivity (Wildman–Crippen MR) is 84.6 cm³/mol. The lowest BCUT2D eigenvalue weighted by molar-refractivity contribution is -0.138. The van der Waals surface area contributed by atoms with Gasteiger partial charge in [-0.3, -0.25) is 10.9 Å². The summed E-state index contributed by atoms with van der Waals surface area (Å²) in [6.45, 7) is 5.69. The minimum Gasteiger partial charge on any atom is -0.461 e. The molecule has 0 unspecified atom stereocenters. The van der Waals surface area contributed by atoms with Crippen molar-refractivity contribution in [1.82, 2.24) is 15.2 Å². The van der Waals surface area contributed by atoms with Crippen LogP contribution in [-0.4, -0.2) is 22.4 Å². The zero-order valence-electron chi connectivity index (χ0n) is 13.1. The monoisotopic (exact) mass is 316 g/mol. The number of carbonyl (C=O) groups is 1. The average Bonchev–Trinajstić information content (AvgIpc) is 2.86. The Kier molecular flexibility index (Phi) is 3.77. The molecule has 2 heterocycles. The van der Waals surface area contributed by atoms with Gasteiger partial charge in [0.15, 0.2) is 11.5 Å². The molecular formula is C16H17FN4O2. The number of anilines is 1. The number of aryl methyl sites for hydroxylation is 1. The Morgan fingerprint density at radius 2 is 1.96 bits per heavy atom. The van der Waals surface area contributed by atoms with Crippen LogP contribution in [0, 0.1) is 12.7 Å². The van der Waals surface area contributed by atoms with Gasteiger partial charge in [0.2, 0.25) is 0 Å². The Bertz CT molecular complexity index is 793. The number of hydrogen-bond acceptors (Lipinski definition) is 5. The van der Waals surface area contributed by atoms with Gasteiger partial charge in [0, 0.05) is 5.56 Å². The second-order valence-corrected chi connectivity index (χ2v) is 5.16. The summed E-state index contributed by atoms with van der Waals surface area (Å²) >= 11 is 0. The first-order valence-corrected chi connectivity index (χ1v) is 7.29. The normalized spacial score (nSPS) is 13.2. The Morgan fingerprint density at radius 1 is 1.26 bits per heavy atom. The Morgan fingerprint density at radius 3 is 2.61 bits per heavy atom. The van der Waals surface area contributed by atoms with E-state index in [1.165, 1.54) is 12.1 Å². The fourth-order valence-corrected chi connectivity index (χ4v) is 2.57. The van der Waals surface area contributed by atoms with E-state index in [1.54, 1.807) is 30.7 Å². The SMILES string of the molecule is CCOC(=O)C1=C(C)n2nc(C)c(-c3ccc(F)cc3)c2NN1. The second kappa shape index (κ2) is 5.75. The molecule has 0 atom stereocenters. The largest absolute Gasteiger partial charge is 0.461 e. The molecule has 0 amide bonds. The molecule has 3 rings (SSSR count). The molecule has 120 valence electrons. The van der Waals surface area contributed by atoms with Gasteiger partial charge in [-0.25, -0.2) is 13.9 Å². The lowest BCUT2D eigenvalue weighted by atomic mass is 10.1. The number of aromatic nitrogens is 2. The van der Waals surface area contributed by atoms with Crippen molar-refractivity contribution in [3.63, 3.8) is 0 Å². The highest BCUT2D eigenvalue weighted by Crippen LogP contribution is 2.35. The first-order valence-electron chi connectivity index (χ1n) is 7.29. The molecule has 7 heteroatoms. The van der Waals surface area contributed by atoms with Crippen LogP contribution in [0.4, 0.5) is 10.2 Å². The van der Waals surface area contributed by atoms with Crippen molar-refractivity contribution >= 4 is 17.5 Å². The lowest BCUT2D eigenvalue weighted by Gasteiger charge is -2.22. The molecule has 0 saturated carbocycles. The Hall–Kier alpha value is -2.83. The molecule has 0 saturated heterocycles. The van der Waals surface area contributed by atoms with Gasteiger partial charge in [0.25, 0.3) is 0 Å². The van der Waals surface area contributed by atoms with Crippen LogP contribution in [0.1, 0.15) is 19.5 Å². The zero-order valence-corrected chi connectivity index (χ0v) is 13.1. The zero-order chi connectivity index (χ0) is 16.6. The van der Waals surface area contributed by atoms with Crippen LogP contribution < -0.4 is 10.9 Å². The Balaban J connectivity index is 2.08. The summed E-state index contributed by atoms with van der Waals surface area (Å²) in [5, 5.41) is 4.48. The van der Waals surface area contributed by atoms with E-state index in [9.17, 15) is 9.18 Å². The highest BCUT2D eigenvalue weighted by molar-refractivity contribution is 5.96. The maximum Gasteiger partial charge on any atom is 0.358 e. The van der Waals surface area contributed by atoms with Crippen molar-refractivity contribution in [2.45, 2.75) is 20.8 Å². The molecule has 1 aromatic carbocycles. The maximum atomic E-state index is 13.1. The summed E-state index contributed by atoms with van der Waals surface area (Å²) in [7, 11) is 0. The summed E-state index contributed by atoms with van der Waals surface area (Å²) in [5.74, 6) is -0.0431. The predicted octanol–water partition coefficient (Wildman–Crippen LogP) is 2.68. The van der Waals surface area contributed by atoms with Crippen molar-refractivity contribution in [2.24, 2.45) is 0 Å². The third kappa shape index (κ3) is 2.54. The van der Waals surface area contributed by atoms with Crippen LogP contribution in [0.2, 0.25) is 0 Å². The van der Waals surface area contributed by atoms with Gasteiger partial charge in [-0.05, 0) is 38.5 Å². The smallest absolute Gasteiger partial charge is 0.358 e. The van der Waals surface area contributed by atoms with Crippen LogP contribution in [0.15, 0.2) is 30.0 Å². The van der Waals surface area contributed by atoms with Crippen LogP contribution in [-0.2, 0) is 9.53 Å².